The molecular formula is C22H20FN5O. The molecule has 7 heteroatoms. The van der Waals surface area contributed by atoms with Gasteiger partial charge in [0.25, 0.3) is 0 Å². The van der Waals surface area contributed by atoms with Gasteiger partial charge in [0, 0.05) is 24.8 Å². The number of rotatable bonds is 0. The Hall–Kier alpha value is -3.40. The molecule has 1 N–H and O–H groups in total. The van der Waals surface area contributed by atoms with E-state index in [4.69, 9.17) is 16.3 Å². The van der Waals surface area contributed by atoms with Crippen molar-refractivity contribution >= 4 is 28.2 Å². The van der Waals surface area contributed by atoms with Crippen LogP contribution in [-0.4, -0.2) is 29.7 Å². The summed E-state index contributed by atoms with van der Waals surface area (Å²) in [7, 11) is 0. The molecule has 4 heterocycles. The van der Waals surface area contributed by atoms with Crippen molar-refractivity contribution < 1.29 is 9.13 Å². The molecule has 1 atom stereocenters. The summed E-state index contributed by atoms with van der Waals surface area (Å²) in [6.45, 7) is 9.47. The van der Waals surface area contributed by atoms with Crippen LogP contribution in [0.4, 0.5) is 21.6 Å². The zero-order valence-electron chi connectivity index (χ0n) is 15.9. The molecule has 0 radical (unpaired) electrons. The molecule has 3 aromatic rings. The van der Waals surface area contributed by atoms with Crippen LogP contribution >= 0.6 is 0 Å². The average molecular weight is 389 g/mol. The Balaban J connectivity index is 1.69. The van der Waals surface area contributed by atoms with E-state index in [1.54, 1.807) is 18.3 Å². The maximum absolute atomic E-state index is 14.1. The summed E-state index contributed by atoms with van der Waals surface area (Å²) in [5.74, 6) is 1.27. The lowest BCUT2D eigenvalue weighted by atomic mass is 10.0. The standard InChI is InChI=1S/C22H20FN5O/c1-24-17-13-26-16-6-8-20-27-22(16)21(17)25-9-3-11-29-19-7-5-14(23)12-15(19)18-4-2-10-28(18)20/h5-8,12-13,18,25H,2-4,9-11H2/t18-/m1/s1. The Kier molecular flexibility index (Phi) is 4.39. The van der Waals surface area contributed by atoms with Gasteiger partial charge >= 0.3 is 0 Å². The van der Waals surface area contributed by atoms with Crippen LogP contribution in [0.2, 0.25) is 0 Å². The van der Waals surface area contributed by atoms with Crippen LogP contribution in [0.5, 0.6) is 5.75 Å². The zero-order chi connectivity index (χ0) is 19.8. The second-order valence-corrected chi connectivity index (χ2v) is 7.33. The van der Waals surface area contributed by atoms with Crippen molar-refractivity contribution in [2.45, 2.75) is 25.3 Å². The van der Waals surface area contributed by atoms with Crippen LogP contribution in [0.25, 0.3) is 15.9 Å². The fraction of sp³-hybridized carbons (Fsp3) is 0.318. The van der Waals surface area contributed by atoms with Gasteiger partial charge in [0.2, 0.25) is 5.69 Å². The molecule has 0 aliphatic carbocycles. The Morgan fingerprint density at radius 3 is 3.07 bits per heavy atom. The molecule has 2 aromatic heterocycles. The minimum Gasteiger partial charge on any atom is -0.493 e. The smallest absolute Gasteiger partial charge is 0.229 e. The van der Waals surface area contributed by atoms with Crippen molar-refractivity contribution in [1.29, 1.82) is 0 Å². The zero-order valence-corrected chi connectivity index (χ0v) is 15.9. The minimum atomic E-state index is -0.259. The van der Waals surface area contributed by atoms with E-state index in [9.17, 15) is 4.39 Å². The van der Waals surface area contributed by atoms with Crippen LogP contribution in [0.3, 0.4) is 0 Å². The number of anilines is 2. The number of nitrogens with zero attached hydrogens (tertiary/aromatic N) is 4. The van der Waals surface area contributed by atoms with Gasteiger partial charge in [-0.3, -0.25) is 4.98 Å². The number of aromatic nitrogens is 2. The van der Waals surface area contributed by atoms with E-state index >= 15 is 0 Å². The van der Waals surface area contributed by atoms with Crippen molar-refractivity contribution in [3.63, 3.8) is 0 Å². The molecule has 0 spiro atoms. The highest BCUT2D eigenvalue weighted by atomic mass is 19.1. The number of hydrogen-bond acceptors (Lipinski definition) is 5. The summed E-state index contributed by atoms with van der Waals surface area (Å²) in [6, 6.07) is 8.65. The lowest BCUT2D eigenvalue weighted by molar-refractivity contribution is 0.309. The number of fused-ring (bicyclic) bond motifs is 5. The summed E-state index contributed by atoms with van der Waals surface area (Å²) in [5, 5.41) is 3.36. The fourth-order valence-electron chi connectivity index (χ4n) is 4.21. The SMILES string of the molecule is [C-]#[N+]c1cnc2ccc3nc2c1NCCCOc1ccc(F)cc1[C@H]1CCCN31. The summed E-state index contributed by atoms with van der Waals surface area (Å²) < 4.78 is 20.1. The van der Waals surface area contributed by atoms with Crippen molar-refractivity contribution in [2.75, 3.05) is 29.9 Å². The normalized spacial score (nSPS) is 18.5. The second-order valence-electron chi connectivity index (χ2n) is 7.33. The quantitative estimate of drug-likeness (QED) is 0.557. The number of pyridine rings is 2. The predicted octanol–water partition coefficient (Wildman–Crippen LogP) is 4.86. The molecule has 2 bridgehead atoms. The number of benzene rings is 1. The van der Waals surface area contributed by atoms with Crippen LogP contribution in [0, 0.1) is 12.4 Å². The molecule has 0 unspecified atom stereocenters. The van der Waals surface area contributed by atoms with Crippen molar-refractivity contribution in [1.82, 2.24) is 9.97 Å². The van der Waals surface area contributed by atoms with Gasteiger partial charge in [-0.2, -0.15) is 0 Å². The summed E-state index contributed by atoms with van der Waals surface area (Å²) in [4.78, 5) is 15.1. The first-order valence-corrected chi connectivity index (χ1v) is 9.84. The van der Waals surface area contributed by atoms with Gasteiger partial charge < -0.3 is 15.0 Å². The summed E-state index contributed by atoms with van der Waals surface area (Å²) in [5.41, 5.74) is 3.48. The summed E-state index contributed by atoms with van der Waals surface area (Å²) in [6.07, 6.45) is 4.23. The number of halogens is 1. The molecule has 1 aromatic carbocycles. The summed E-state index contributed by atoms with van der Waals surface area (Å²) >= 11 is 0. The Labute approximate surface area is 168 Å². The van der Waals surface area contributed by atoms with Gasteiger partial charge in [0.05, 0.1) is 30.4 Å². The molecule has 1 fully saturated rings. The van der Waals surface area contributed by atoms with Gasteiger partial charge in [0.15, 0.2) is 0 Å². The van der Waals surface area contributed by atoms with E-state index in [0.29, 0.717) is 30.0 Å². The molecule has 0 saturated carbocycles. The monoisotopic (exact) mass is 389 g/mol. The third kappa shape index (κ3) is 3.11. The molecule has 2 aliphatic heterocycles. The topological polar surface area (TPSA) is 54.6 Å². The highest BCUT2D eigenvalue weighted by Crippen LogP contribution is 2.41. The van der Waals surface area contributed by atoms with E-state index in [1.165, 1.54) is 6.07 Å². The lowest BCUT2D eigenvalue weighted by Crippen LogP contribution is -2.24. The van der Waals surface area contributed by atoms with Crippen molar-refractivity contribution in [3.8, 4) is 5.75 Å². The lowest BCUT2D eigenvalue weighted by Gasteiger charge is -2.28. The fourth-order valence-corrected chi connectivity index (χ4v) is 4.21. The van der Waals surface area contributed by atoms with E-state index < -0.39 is 0 Å². The van der Waals surface area contributed by atoms with Crippen molar-refractivity contribution in [3.05, 3.63) is 59.3 Å². The molecule has 146 valence electrons. The van der Waals surface area contributed by atoms with E-state index in [-0.39, 0.29) is 11.9 Å². The highest BCUT2D eigenvalue weighted by Gasteiger charge is 2.30. The molecule has 2 aliphatic rings. The molecular weight excluding hydrogens is 369 g/mol. The Morgan fingerprint density at radius 2 is 2.17 bits per heavy atom. The first-order valence-electron chi connectivity index (χ1n) is 9.84. The second kappa shape index (κ2) is 7.21. The van der Waals surface area contributed by atoms with E-state index in [2.05, 4.69) is 20.0 Å². The Morgan fingerprint density at radius 1 is 1.24 bits per heavy atom. The van der Waals surface area contributed by atoms with Crippen LogP contribution < -0.4 is 15.0 Å². The van der Waals surface area contributed by atoms with Gasteiger partial charge in [-0.25, -0.2) is 14.2 Å². The maximum atomic E-state index is 14.1. The van der Waals surface area contributed by atoms with Crippen LogP contribution in [0.1, 0.15) is 30.9 Å². The first kappa shape index (κ1) is 17.7. The van der Waals surface area contributed by atoms with Gasteiger partial charge in [-0.1, -0.05) is 0 Å². The number of hydrogen-bond donors (Lipinski definition) is 1. The molecule has 5 rings (SSSR count). The van der Waals surface area contributed by atoms with E-state index in [1.807, 2.05) is 12.1 Å². The average Bonchev–Trinajstić information content (AvgIpc) is 3.23. The molecule has 0 amide bonds. The van der Waals surface area contributed by atoms with Gasteiger partial charge in [0.1, 0.15) is 22.9 Å². The number of ether oxygens (including phenoxy) is 1. The van der Waals surface area contributed by atoms with E-state index in [0.717, 1.165) is 48.5 Å². The third-order valence-corrected chi connectivity index (χ3v) is 5.56. The largest absolute Gasteiger partial charge is 0.493 e. The Bertz CT molecular complexity index is 1130. The molecule has 1 saturated heterocycles. The van der Waals surface area contributed by atoms with Crippen LogP contribution in [-0.2, 0) is 0 Å². The highest BCUT2D eigenvalue weighted by molar-refractivity contribution is 5.95. The van der Waals surface area contributed by atoms with Crippen LogP contribution in [0.15, 0.2) is 36.5 Å². The number of nitrogens with one attached hydrogen (secondary N) is 1. The molecule has 29 heavy (non-hydrogen) atoms. The van der Waals surface area contributed by atoms with Crippen molar-refractivity contribution in [2.24, 2.45) is 0 Å². The van der Waals surface area contributed by atoms with Gasteiger partial charge in [-0.15, -0.1) is 0 Å². The molecule has 6 nitrogen and oxygen atoms in total. The van der Waals surface area contributed by atoms with Gasteiger partial charge in [-0.05, 0) is 49.6 Å². The first-order chi connectivity index (χ1) is 14.2. The third-order valence-electron chi connectivity index (χ3n) is 5.56. The predicted molar refractivity (Wildman–Crippen MR) is 110 cm³/mol. The minimum absolute atomic E-state index is 0.000170. The maximum Gasteiger partial charge on any atom is 0.229 e.